The predicted molar refractivity (Wildman–Crippen MR) is 94.7 cm³/mol. The summed E-state index contributed by atoms with van der Waals surface area (Å²) in [4.78, 5) is 31.6. The van der Waals surface area contributed by atoms with Crippen molar-refractivity contribution in [3.63, 3.8) is 0 Å². The molecule has 0 radical (unpaired) electrons. The third-order valence-corrected chi connectivity index (χ3v) is 3.43. The lowest BCUT2D eigenvalue weighted by molar-refractivity contribution is -0.385. The molecule has 26 heavy (non-hydrogen) atoms. The number of carboxylic acid groups (broad SMARTS) is 1. The molecule has 0 atom stereocenters. The van der Waals surface area contributed by atoms with Gasteiger partial charge in [0.05, 0.1) is 16.3 Å². The number of non-ortho nitro benzene ring substituents is 2. The molecule has 8 heteroatoms. The van der Waals surface area contributed by atoms with Gasteiger partial charge in [0.15, 0.2) is 0 Å². The van der Waals surface area contributed by atoms with Crippen molar-refractivity contribution < 1.29 is 19.7 Å². The molecule has 0 unspecified atom stereocenters. The van der Waals surface area contributed by atoms with Crippen LogP contribution >= 0.6 is 0 Å². The van der Waals surface area contributed by atoms with E-state index in [9.17, 15) is 25.0 Å². The quantitative estimate of drug-likeness (QED) is 0.456. The molecule has 2 aromatic rings. The Morgan fingerprint density at radius 1 is 0.962 bits per heavy atom. The van der Waals surface area contributed by atoms with E-state index < -0.39 is 15.8 Å². The fourth-order valence-corrected chi connectivity index (χ4v) is 2.27. The van der Waals surface area contributed by atoms with Crippen LogP contribution < -0.4 is 0 Å². The Kier molecular flexibility index (Phi) is 5.94. The zero-order valence-corrected chi connectivity index (χ0v) is 13.4. The van der Waals surface area contributed by atoms with E-state index in [-0.39, 0.29) is 17.8 Å². The molecular weight excluding hydrogens is 340 g/mol. The van der Waals surface area contributed by atoms with Crippen LogP contribution in [-0.2, 0) is 4.79 Å². The van der Waals surface area contributed by atoms with Gasteiger partial charge in [-0.25, -0.2) is 0 Å². The van der Waals surface area contributed by atoms with Crippen molar-refractivity contribution >= 4 is 22.9 Å². The minimum absolute atomic E-state index is 0.117. The fraction of sp³-hybridized carbons (Fsp3) is 0.0556. The third kappa shape index (κ3) is 4.84. The topological polar surface area (TPSA) is 124 Å². The van der Waals surface area contributed by atoms with E-state index in [4.69, 9.17) is 5.11 Å². The molecule has 0 aliphatic carbocycles. The number of hydrogen-bond acceptors (Lipinski definition) is 5. The standard InChI is InChI=1S/C18H14N2O6/c21-18(22)10-2-1-9-17(13-5-3-7-15(11-13)19(23)24)14-6-4-8-16(12-14)20(25)26/h1-9,11-12H,10H2,(H,21,22)/b2-1+. The first-order valence-corrected chi connectivity index (χ1v) is 7.47. The summed E-state index contributed by atoms with van der Waals surface area (Å²) in [5.41, 5.74) is 1.24. The van der Waals surface area contributed by atoms with Gasteiger partial charge in [0.25, 0.3) is 11.4 Å². The van der Waals surface area contributed by atoms with Crippen molar-refractivity contribution in [2.45, 2.75) is 6.42 Å². The van der Waals surface area contributed by atoms with Crippen LogP contribution in [0.25, 0.3) is 5.57 Å². The minimum atomic E-state index is -0.998. The van der Waals surface area contributed by atoms with E-state index >= 15 is 0 Å². The van der Waals surface area contributed by atoms with Gasteiger partial charge in [-0.05, 0) is 16.7 Å². The van der Waals surface area contributed by atoms with Crippen molar-refractivity contribution in [2.75, 3.05) is 0 Å². The highest BCUT2D eigenvalue weighted by atomic mass is 16.6. The maximum Gasteiger partial charge on any atom is 0.307 e. The first kappa shape index (κ1) is 18.5. The number of carboxylic acids is 1. The van der Waals surface area contributed by atoms with Gasteiger partial charge in [0, 0.05) is 24.3 Å². The molecule has 0 fully saturated rings. The second-order valence-electron chi connectivity index (χ2n) is 5.22. The number of hydrogen-bond donors (Lipinski definition) is 1. The molecule has 0 heterocycles. The van der Waals surface area contributed by atoms with E-state index in [2.05, 4.69) is 0 Å². The number of nitrogens with zero attached hydrogens (tertiary/aromatic N) is 2. The van der Waals surface area contributed by atoms with Crippen LogP contribution in [0.2, 0.25) is 0 Å². The normalized spacial score (nSPS) is 10.5. The fourth-order valence-electron chi connectivity index (χ4n) is 2.27. The molecule has 0 aliphatic rings. The number of nitro benzene ring substituents is 2. The van der Waals surface area contributed by atoms with Gasteiger partial charge in [0.1, 0.15) is 0 Å². The van der Waals surface area contributed by atoms with Crippen LogP contribution in [-0.4, -0.2) is 20.9 Å². The van der Waals surface area contributed by atoms with E-state index in [1.807, 2.05) is 0 Å². The van der Waals surface area contributed by atoms with Gasteiger partial charge in [-0.2, -0.15) is 0 Å². The Labute approximate surface area is 148 Å². The van der Waals surface area contributed by atoms with E-state index in [1.54, 1.807) is 18.2 Å². The molecule has 0 spiro atoms. The summed E-state index contributed by atoms with van der Waals surface area (Å²) < 4.78 is 0. The second kappa shape index (κ2) is 8.34. The van der Waals surface area contributed by atoms with Crippen LogP contribution in [0.5, 0.6) is 0 Å². The highest BCUT2D eigenvalue weighted by Crippen LogP contribution is 2.28. The highest BCUT2D eigenvalue weighted by molar-refractivity contribution is 5.82. The molecule has 0 amide bonds. The Morgan fingerprint density at radius 3 is 1.88 bits per heavy atom. The minimum Gasteiger partial charge on any atom is -0.481 e. The van der Waals surface area contributed by atoms with Crippen molar-refractivity contribution in [2.24, 2.45) is 0 Å². The predicted octanol–water partition coefficient (Wildman–Crippen LogP) is 3.97. The van der Waals surface area contributed by atoms with Crippen LogP contribution in [0, 0.1) is 20.2 Å². The van der Waals surface area contributed by atoms with Crippen LogP contribution in [0.3, 0.4) is 0 Å². The van der Waals surface area contributed by atoms with Crippen molar-refractivity contribution in [3.05, 3.63) is 98.1 Å². The zero-order valence-electron chi connectivity index (χ0n) is 13.4. The largest absolute Gasteiger partial charge is 0.481 e. The lowest BCUT2D eigenvalue weighted by atomic mass is 9.96. The van der Waals surface area contributed by atoms with Crippen molar-refractivity contribution in [3.8, 4) is 0 Å². The van der Waals surface area contributed by atoms with Crippen molar-refractivity contribution in [1.82, 2.24) is 0 Å². The molecule has 132 valence electrons. The SMILES string of the molecule is O=C(O)C/C=C/C=C(c1cccc([N+](=O)[O-])c1)c1cccc([N+](=O)[O-])c1. The Bertz CT molecular complexity index is 858. The summed E-state index contributed by atoms with van der Waals surface area (Å²) in [6, 6.07) is 11.7. The third-order valence-electron chi connectivity index (χ3n) is 3.43. The molecule has 0 saturated carbocycles. The highest BCUT2D eigenvalue weighted by Gasteiger charge is 2.13. The average molecular weight is 354 g/mol. The molecule has 0 saturated heterocycles. The molecule has 2 rings (SSSR count). The molecule has 0 aromatic heterocycles. The summed E-state index contributed by atoms with van der Waals surface area (Å²) >= 11 is 0. The monoisotopic (exact) mass is 354 g/mol. The summed E-state index contributed by atoms with van der Waals surface area (Å²) in [5, 5.41) is 30.7. The first-order chi connectivity index (χ1) is 12.4. The lowest BCUT2D eigenvalue weighted by Crippen LogP contribution is -1.94. The maximum atomic E-state index is 11.0. The first-order valence-electron chi connectivity index (χ1n) is 7.47. The molecule has 8 nitrogen and oxygen atoms in total. The molecule has 2 aromatic carbocycles. The second-order valence-corrected chi connectivity index (χ2v) is 5.22. The summed E-state index contributed by atoms with van der Waals surface area (Å²) in [6.07, 6.45) is 4.30. The van der Waals surface area contributed by atoms with E-state index in [0.717, 1.165) is 0 Å². The summed E-state index contributed by atoms with van der Waals surface area (Å²) in [7, 11) is 0. The van der Waals surface area contributed by atoms with Crippen molar-refractivity contribution in [1.29, 1.82) is 0 Å². The van der Waals surface area contributed by atoms with Gasteiger partial charge in [-0.3, -0.25) is 25.0 Å². The van der Waals surface area contributed by atoms with Gasteiger partial charge >= 0.3 is 5.97 Å². The van der Waals surface area contributed by atoms with Gasteiger partial charge in [-0.15, -0.1) is 0 Å². The lowest BCUT2D eigenvalue weighted by Gasteiger charge is -2.08. The number of allylic oxidation sites excluding steroid dienone is 2. The Morgan fingerprint density at radius 2 is 1.46 bits per heavy atom. The van der Waals surface area contributed by atoms with Crippen LogP contribution in [0.15, 0.2) is 66.8 Å². The van der Waals surface area contributed by atoms with Crippen LogP contribution in [0.1, 0.15) is 17.5 Å². The number of nitro groups is 2. The van der Waals surface area contributed by atoms with Crippen LogP contribution in [0.4, 0.5) is 11.4 Å². The van der Waals surface area contributed by atoms with E-state index in [1.165, 1.54) is 48.6 Å². The zero-order chi connectivity index (χ0) is 19.1. The van der Waals surface area contributed by atoms with E-state index in [0.29, 0.717) is 16.7 Å². The molecule has 0 bridgehead atoms. The van der Waals surface area contributed by atoms with Gasteiger partial charge in [-0.1, -0.05) is 42.5 Å². The molecular formula is C18H14N2O6. The summed E-state index contributed by atoms with van der Waals surface area (Å²) in [6.45, 7) is 0. The number of benzene rings is 2. The average Bonchev–Trinajstić information content (AvgIpc) is 2.61. The number of rotatable bonds is 7. The maximum absolute atomic E-state index is 11.0. The smallest absolute Gasteiger partial charge is 0.307 e. The Hall–Kier alpha value is -3.81. The Balaban J connectivity index is 2.54. The number of carbonyl (C=O) groups is 1. The molecule has 0 aliphatic heterocycles. The van der Waals surface area contributed by atoms with Gasteiger partial charge in [0.2, 0.25) is 0 Å². The number of aliphatic carboxylic acids is 1. The van der Waals surface area contributed by atoms with Gasteiger partial charge < -0.3 is 5.11 Å². The molecule has 1 N–H and O–H groups in total. The summed E-state index contributed by atoms with van der Waals surface area (Å²) in [5.74, 6) is -0.998.